The van der Waals surface area contributed by atoms with E-state index >= 15 is 0 Å². The van der Waals surface area contributed by atoms with Gasteiger partial charge < -0.3 is 10.5 Å². The Bertz CT molecular complexity index is 608. The second-order valence-corrected chi connectivity index (χ2v) is 5.28. The van der Waals surface area contributed by atoms with Crippen molar-refractivity contribution in [1.29, 1.82) is 0 Å². The number of benzene rings is 2. The second kappa shape index (κ2) is 6.06. The maximum absolute atomic E-state index is 13.4. The lowest BCUT2D eigenvalue weighted by molar-refractivity contribution is 0.470. The van der Waals surface area contributed by atoms with Crippen LogP contribution >= 0.6 is 0 Å². The van der Waals surface area contributed by atoms with Gasteiger partial charge in [-0.05, 0) is 74.2 Å². The monoisotopic (exact) mass is 273 g/mol. The fourth-order valence-electron chi connectivity index (χ4n) is 2.06. The highest BCUT2D eigenvalue weighted by atomic mass is 19.1. The van der Waals surface area contributed by atoms with Crippen LogP contribution in [0.25, 0.3) is 0 Å². The molecular formula is C17H20FNO. The van der Waals surface area contributed by atoms with Crippen molar-refractivity contribution in [2.24, 2.45) is 5.73 Å². The van der Waals surface area contributed by atoms with Crippen LogP contribution in [0, 0.1) is 19.7 Å². The lowest BCUT2D eigenvalue weighted by Crippen LogP contribution is -2.18. The Hall–Kier alpha value is -1.87. The summed E-state index contributed by atoms with van der Waals surface area (Å²) in [6.07, 6.45) is 0.581. The predicted octanol–water partition coefficient (Wildman–Crippen LogP) is 4.12. The van der Waals surface area contributed by atoms with E-state index in [1.54, 1.807) is 6.07 Å². The fourth-order valence-corrected chi connectivity index (χ4v) is 2.06. The van der Waals surface area contributed by atoms with E-state index in [-0.39, 0.29) is 11.9 Å². The van der Waals surface area contributed by atoms with Crippen molar-refractivity contribution in [1.82, 2.24) is 0 Å². The molecule has 2 rings (SSSR count). The number of hydrogen-bond acceptors (Lipinski definition) is 2. The zero-order valence-corrected chi connectivity index (χ0v) is 12.1. The smallest absolute Gasteiger partial charge is 0.130 e. The van der Waals surface area contributed by atoms with Crippen LogP contribution in [-0.2, 0) is 6.42 Å². The largest absolute Gasteiger partial charge is 0.457 e. The summed E-state index contributed by atoms with van der Waals surface area (Å²) in [6, 6.07) is 10.4. The quantitative estimate of drug-likeness (QED) is 0.909. The molecule has 1 unspecified atom stereocenters. The molecule has 0 fully saturated rings. The standard InChI is InChI=1S/C17H20FNO/c1-11-4-6-16(8-12(11)2)20-17-7-5-15(18)10-14(17)9-13(3)19/h4-8,10,13H,9,19H2,1-3H3. The van der Waals surface area contributed by atoms with E-state index in [0.29, 0.717) is 12.2 Å². The van der Waals surface area contributed by atoms with Gasteiger partial charge in [-0.15, -0.1) is 0 Å². The maximum atomic E-state index is 13.4. The van der Waals surface area contributed by atoms with Crippen molar-refractivity contribution in [3.8, 4) is 11.5 Å². The molecule has 0 aliphatic rings. The molecule has 3 heteroatoms. The van der Waals surface area contributed by atoms with Gasteiger partial charge in [0.1, 0.15) is 17.3 Å². The molecule has 0 saturated carbocycles. The molecule has 2 nitrogen and oxygen atoms in total. The first-order valence-corrected chi connectivity index (χ1v) is 6.75. The Balaban J connectivity index is 2.30. The van der Waals surface area contributed by atoms with Gasteiger partial charge in [0, 0.05) is 6.04 Å². The molecule has 0 saturated heterocycles. The van der Waals surface area contributed by atoms with Crippen molar-refractivity contribution < 1.29 is 9.13 Å². The van der Waals surface area contributed by atoms with Crippen LogP contribution in [0.4, 0.5) is 4.39 Å². The molecule has 0 bridgehead atoms. The molecule has 0 heterocycles. The summed E-state index contributed by atoms with van der Waals surface area (Å²) >= 11 is 0. The molecule has 2 aromatic rings. The van der Waals surface area contributed by atoms with Crippen LogP contribution in [0.1, 0.15) is 23.6 Å². The average Bonchev–Trinajstić information content (AvgIpc) is 2.36. The number of rotatable bonds is 4. The molecule has 0 radical (unpaired) electrons. The zero-order chi connectivity index (χ0) is 14.7. The SMILES string of the molecule is Cc1ccc(Oc2ccc(F)cc2CC(C)N)cc1C. The Morgan fingerprint density at radius 2 is 1.85 bits per heavy atom. The minimum absolute atomic E-state index is 0.0427. The van der Waals surface area contributed by atoms with Crippen molar-refractivity contribution in [2.75, 3.05) is 0 Å². The highest BCUT2D eigenvalue weighted by Gasteiger charge is 2.09. The summed E-state index contributed by atoms with van der Waals surface area (Å²) in [5, 5.41) is 0. The Labute approximate surface area is 119 Å². The van der Waals surface area contributed by atoms with E-state index in [4.69, 9.17) is 10.5 Å². The van der Waals surface area contributed by atoms with Crippen LogP contribution < -0.4 is 10.5 Å². The number of ether oxygens (including phenoxy) is 1. The van der Waals surface area contributed by atoms with E-state index in [9.17, 15) is 4.39 Å². The average molecular weight is 273 g/mol. The minimum Gasteiger partial charge on any atom is -0.457 e. The van der Waals surface area contributed by atoms with Gasteiger partial charge in [-0.2, -0.15) is 0 Å². The van der Waals surface area contributed by atoms with Crippen molar-refractivity contribution in [3.05, 3.63) is 58.9 Å². The van der Waals surface area contributed by atoms with Gasteiger partial charge in [-0.1, -0.05) is 6.07 Å². The highest BCUT2D eigenvalue weighted by Crippen LogP contribution is 2.28. The molecule has 2 N–H and O–H groups in total. The zero-order valence-electron chi connectivity index (χ0n) is 12.1. The number of aryl methyl sites for hydroxylation is 2. The third-order valence-electron chi connectivity index (χ3n) is 3.27. The fraction of sp³-hybridized carbons (Fsp3) is 0.294. The maximum Gasteiger partial charge on any atom is 0.130 e. The van der Waals surface area contributed by atoms with Crippen molar-refractivity contribution >= 4 is 0 Å². The summed E-state index contributed by atoms with van der Waals surface area (Å²) in [5.41, 5.74) is 8.97. The molecule has 0 spiro atoms. The van der Waals surface area contributed by atoms with E-state index in [1.165, 1.54) is 23.3 Å². The third kappa shape index (κ3) is 3.58. The van der Waals surface area contributed by atoms with Gasteiger partial charge in [-0.25, -0.2) is 4.39 Å². The lowest BCUT2D eigenvalue weighted by atomic mass is 10.1. The lowest BCUT2D eigenvalue weighted by Gasteiger charge is -2.14. The predicted molar refractivity (Wildman–Crippen MR) is 79.7 cm³/mol. The number of hydrogen-bond donors (Lipinski definition) is 1. The van der Waals surface area contributed by atoms with Crippen LogP contribution in [0.5, 0.6) is 11.5 Å². The molecule has 1 atom stereocenters. The van der Waals surface area contributed by atoms with Gasteiger partial charge in [0.05, 0.1) is 0 Å². The van der Waals surface area contributed by atoms with Crippen LogP contribution in [0.15, 0.2) is 36.4 Å². The van der Waals surface area contributed by atoms with E-state index in [2.05, 4.69) is 6.92 Å². The summed E-state index contributed by atoms with van der Waals surface area (Å²) in [4.78, 5) is 0. The Morgan fingerprint density at radius 3 is 2.50 bits per heavy atom. The summed E-state index contributed by atoms with van der Waals surface area (Å²) in [6.45, 7) is 5.99. The Kier molecular flexibility index (Phi) is 4.40. The molecular weight excluding hydrogens is 253 g/mol. The summed E-state index contributed by atoms with van der Waals surface area (Å²) < 4.78 is 19.2. The topological polar surface area (TPSA) is 35.2 Å². The van der Waals surface area contributed by atoms with E-state index in [1.807, 2.05) is 32.0 Å². The summed E-state index contributed by atoms with van der Waals surface area (Å²) in [7, 11) is 0. The van der Waals surface area contributed by atoms with Gasteiger partial charge >= 0.3 is 0 Å². The number of nitrogens with two attached hydrogens (primary N) is 1. The first-order chi connectivity index (χ1) is 9.45. The van der Waals surface area contributed by atoms with Crippen molar-refractivity contribution in [3.63, 3.8) is 0 Å². The van der Waals surface area contributed by atoms with E-state index < -0.39 is 0 Å². The van der Waals surface area contributed by atoms with Gasteiger partial charge in [0.2, 0.25) is 0 Å². The molecule has 20 heavy (non-hydrogen) atoms. The third-order valence-corrected chi connectivity index (χ3v) is 3.27. The van der Waals surface area contributed by atoms with Crippen LogP contribution in [0.3, 0.4) is 0 Å². The second-order valence-electron chi connectivity index (χ2n) is 5.28. The molecule has 106 valence electrons. The highest BCUT2D eigenvalue weighted by molar-refractivity contribution is 5.41. The normalized spacial score (nSPS) is 12.2. The van der Waals surface area contributed by atoms with E-state index in [0.717, 1.165) is 11.3 Å². The minimum atomic E-state index is -0.270. The summed E-state index contributed by atoms with van der Waals surface area (Å²) in [5.74, 6) is 1.14. The first-order valence-electron chi connectivity index (χ1n) is 6.75. The molecule has 0 aliphatic carbocycles. The Morgan fingerprint density at radius 1 is 1.10 bits per heavy atom. The van der Waals surface area contributed by atoms with Gasteiger partial charge in [-0.3, -0.25) is 0 Å². The molecule has 2 aromatic carbocycles. The first kappa shape index (κ1) is 14.5. The van der Waals surface area contributed by atoms with Crippen molar-refractivity contribution in [2.45, 2.75) is 33.2 Å². The molecule has 0 amide bonds. The number of halogens is 1. The van der Waals surface area contributed by atoms with Gasteiger partial charge in [0.15, 0.2) is 0 Å². The van der Waals surface area contributed by atoms with Crippen LogP contribution in [-0.4, -0.2) is 6.04 Å². The van der Waals surface area contributed by atoms with Gasteiger partial charge in [0.25, 0.3) is 0 Å². The molecule has 0 aromatic heterocycles. The molecule has 0 aliphatic heterocycles. The van der Waals surface area contributed by atoms with Crippen LogP contribution in [0.2, 0.25) is 0 Å².